The molecule has 2 N–H and O–H groups in total. The number of carbonyl (C=O) groups excluding carboxylic acids is 1. The van der Waals surface area contributed by atoms with Crippen molar-refractivity contribution >= 4 is 23.4 Å². The van der Waals surface area contributed by atoms with Crippen LogP contribution in [0.25, 0.3) is 0 Å². The average molecular weight is 443 g/mol. The van der Waals surface area contributed by atoms with Crippen LogP contribution in [0.5, 0.6) is 11.5 Å². The molecule has 1 aromatic carbocycles. The largest absolute Gasteiger partial charge is 0.454 e. The fourth-order valence-corrected chi connectivity index (χ4v) is 3.81. The SMILES string of the molecule is CCCCC[C@@H](CNC(=O)Nc1c(N(C)C)ncnc1N(C)C)c1cccc2c1OCO2. The van der Waals surface area contributed by atoms with Crippen LogP contribution in [0, 0.1) is 0 Å². The van der Waals surface area contributed by atoms with Gasteiger partial charge in [0.15, 0.2) is 23.1 Å². The van der Waals surface area contributed by atoms with E-state index in [0.717, 1.165) is 42.7 Å². The van der Waals surface area contributed by atoms with Gasteiger partial charge in [-0.25, -0.2) is 14.8 Å². The molecule has 32 heavy (non-hydrogen) atoms. The van der Waals surface area contributed by atoms with Gasteiger partial charge >= 0.3 is 6.03 Å². The Bertz CT molecular complexity index is 892. The van der Waals surface area contributed by atoms with E-state index in [1.54, 1.807) is 0 Å². The molecule has 2 aromatic rings. The first kappa shape index (κ1) is 23.4. The number of urea groups is 1. The summed E-state index contributed by atoms with van der Waals surface area (Å²) in [5.74, 6) is 2.96. The summed E-state index contributed by atoms with van der Waals surface area (Å²) in [6.45, 7) is 2.90. The summed E-state index contributed by atoms with van der Waals surface area (Å²) >= 11 is 0. The molecule has 0 radical (unpaired) electrons. The highest BCUT2D eigenvalue weighted by atomic mass is 16.7. The number of hydrogen-bond acceptors (Lipinski definition) is 7. The first-order valence-corrected chi connectivity index (χ1v) is 11.0. The normalized spacial score (nSPS) is 12.9. The van der Waals surface area contributed by atoms with Crippen LogP contribution in [0.2, 0.25) is 0 Å². The van der Waals surface area contributed by atoms with E-state index in [-0.39, 0.29) is 18.7 Å². The van der Waals surface area contributed by atoms with E-state index in [4.69, 9.17) is 9.47 Å². The maximum absolute atomic E-state index is 12.9. The third-order valence-electron chi connectivity index (χ3n) is 5.43. The second-order valence-corrected chi connectivity index (χ2v) is 8.29. The first-order valence-electron chi connectivity index (χ1n) is 11.0. The molecule has 1 aromatic heterocycles. The van der Waals surface area contributed by atoms with Gasteiger partial charge < -0.3 is 29.9 Å². The molecule has 2 heterocycles. The van der Waals surface area contributed by atoms with Gasteiger partial charge in [-0.05, 0) is 12.5 Å². The van der Waals surface area contributed by atoms with Gasteiger partial charge in [-0.15, -0.1) is 0 Å². The van der Waals surface area contributed by atoms with Gasteiger partial charge in [-0.3, -0.25) is 0 Å². The van der Waals surface area contributed by atoms with Crippen molar-refractivity contribution in [3.8, 4) is 11.5 Å². The molecule has 0 aliphatic carbocycles. The molecule has 1 aliphatic heterocycles. The predicted molar refractivity (Wildman–Crippen MR) is 127 cm³/mol. The van der Waals surface area contributed by atoms with Crippen LogP contribution in [0.4, 0.5) is 22.1 Å². The highest BCUT2D eigenvalue weighted by Crippen LogP contribution is 2.40. The van der Waals surface area contributed by atoms with Crippen LogP contribution in [0.15, 0.2) is 24.5 Å². The highest BCUT2D eigenvalue weighted by molar-refractivity contribution is 5.96. The molecule has 1 aliphatic rings. The molecule has 9 heteroatoms. The van der Waals surface area contributed by atoms with Crippen LogP contribution in [0.3, 0.4) is 0 Å². The third-order valence-corrected chi connectivity index (χ3v) is 5.43. The van der Waals surface area contributed by atoms with E-state index in [9.17, 15) is 4.79 Å². The summed E-state index contributed by atoms with van der Waals surface area (Å²) in [6.07, 6.45) is 5.82. The number of carbonyl (C=O) groups is 1. The number of rotatable bonds is 10. The van der Waals surface area contributed by atoms with Crippen molar-refractivity contribution in [2.75, 3.05) is 56.6 Å². The fourth-order valence-electron chi connectivity index (χ4n) is 3.81. The van der Waals surface area contributed by atoms with Crippen LogP contribution < -0.4 is 29.9 Å². The molecule has 1 atom stereocenters. The number of amides is 2. The summed E-state index contributed by atoms with van der Waals surface area (Å²) in [5, 5.41) is 6.00. The van der Waals surface area contributed by atoms with Gasteiger partial charge in [-0.2, -0.15) is 0 Å². The molecule has 0 unspecified atom stereocenters. The quantitative estimate of drug-likeness (QED) is 0.541. The predicted octanol–water partition coefficient (Wildman–Crippen LogP) is 3.82. The zero-order chi connectivity index (χ0) is 23.1. The second-order valence-electron chi connectivity index (χ2n) is 8.29. The molecular weight excluding hydrogens is 408 g/mol. The van der Waals surface area contributed by atoms with Gasteiger partial charge in [0.2, 0.25) is 6.79 Å². The Hall–Kier alpha value is -3.23. The Morgan fingerprint density at radius 3 is 2.47 bits per heavy atom. The monoisotopic (exact) mass is 442 g/mol. The summed E-state index contributed by atoms with van der Waals surface area (Å²) in [6, 6.07) is 5.65. The molecule has 0 bridgehead atoms. The van der Waals surface area contributed by atoms with Crippen molar-refractivity contribution in [2.24, 2.45) is 0 Å². The number of aromatic nitrogens is 2. The summed E-state index contributed by atoms with van der Waals surface area (Å²) < 4.78 is 11.3. The van der Waals surface area contributed by atoms with E-state index >= 15 is 0 Å². The van der Waals surface area contributed by atoms with Gasteiger partial charge in [0, 0.05) is 46.2 Å². The maximum atomic E-state index is 12.9. The third kappa shape index (κ3) is 5.52. The molecule has 174 valence electrons. The number of anilines is 3. The number of hydrogen-bond donors (Lipinski definition) is 2. The Kier molecular flexibility index (Phi) is 7.97. The average Bonchev–Trinajstić information content (AvgIpc) is 3.25. The number of ether oxygens (including phenoxy) is 2. The lowest BCUT2D eigenvalue weighted by molar-refractivity contribution is 0.173. The minimum atomic E-state index is -0.295. The molecule has 3 rings (SSSR count). The van der Waals surface area contributed by atoms with Crippen molar-refractivity contribution in [3.63, 3.8) is 0 Å². The maximum Gasteiger partial charge on any atom is 0.319 e. The van der Waals surface area contributed by atoms with Crippen LogP contribution in [-0.4, -0.2) is 57.5 Å². The van der Waals surface area contributed by atoms with Crippen molar-refractivity contribution in [1.29, 1.82) is 0 Å². The van der Waals surface area contributed by atoms with Crippen LogP contribution >= 0.6 is 0 Å². The van der Waals surface area contributed by atoms with Crippen molar-refractivity contribution in [2.45, 2.75) is 38.5 Å². The van der Waals surface area contributed by atoms with Crippen molar-refractivity contribution in [1.82, 2.24) is 15.3 Å². The molecular formula is C23H34N6O3. The lowest BCUT2D eigenvalue weighted by atomic mass is 9.92. The van der Waals surface area contributed by atoms with Gasteiger partial charge in [0.25, 0.3) is 0 Å². The van der Waals surface area contributed by atoms with E-state index in [1.165, 1.54) is 6.33 Å². The highest BCUT2D eigenvalue weighted by Gasteiger charge is 2.24. The van der Waals surface area contributed by atoms with E-state index in [2.05, 4.69) is 33.6 Å². The molecule has 0 saturated heterocycles. The van der Waals surface area contributed by atoms with E-state index in [0.29, 0.717) is 23.9 Å². The zero-order valence-corrected chi connectivity index (χ0v) is 19.6. The number of unbranched alkanes of at least 4 members (excludes halogenated alkanes) is 2. The Morgan fingerprint density at radius 1 is 1.09 bits per heavy atom. The Balaban J connectivity index is 1.75. The number of nitrogens with zero attached hydrogens (tertiary/aromatic N) is 4. The smallest absolute Gasteiger partial charge is 0.319 e. The van der Waals surface area contributed by atoms with Gasteiger partial charge in [0.05, 0.1) is 0 Å². The fraction of sp³-hybridized carbons (Fsp3) is 0.522. The van der Waals surface area contributed by atoms with Gasteiger partial charge in [-0.1, -0.05) is 38.3 Å². The molecule has 0 saturated carbocycles. The number of fused-ring (bicyclic) bond motifs is 1. The van der Waals surface area contributed by atoms with Crippen molar-refractivity contribution < 1.29 is 14.3 Å². The first-order chi connectivity index (χ1) is 15.4. The minimum Gasteiger partial charge on any atom is -0.454 e. The Labute approximate surface area is 190 Å². The standard InChI is InChI=1S/C23H34N6O3/c1-6-7-8-10-16(17-11-9-12-18-20(17)32-15-31-18)13-24-23(30)27-19-21(28(2)3)25-14-26-22(19)29(4)5/h9,11-12,14,16H,6-8,10,13,15H2,1-5H3,(H2,24,27,30)/t16-/m0/s1. The van der Waals surface area contributed by atoms with Crippen molar-refractivity contribution in [3.05, 3.63) is 30.1 Å². The minimum absolute atomic E-state index is 0.123. The second kappa shape index (κ2) is 10.9. The summed E-state index contributed by atoms with van der Waals surface area (Å²) in [4.78, 5) is 25.2. The zero-order valence-electron chi connectivity index (χ0n) is 19.6. The topological polar surface area (TPSA) is 91.9 Å². The van der Waals surface area contributed by atoms with Crippen LogP contribution in [-0.2, 0) is 0 Å². The number of benzene rings is 1. The summed E-state index contributed by atoms with van der Waals surface area (Å²) in [7, 11) is 7.53. The van der Waals surface area contributed by atoms with Crippen LogP contribution in [0.1, 0.15) is 44.1 Å². The molecule has 2 amide bonds. The Morgan fingerprint density at radius 2 is 1.81 bits per heavy atom. The van der Waals surface area contributed by atoms with Gasteiger partial charge in [0.1, 0.15) is 12.0 Å². The number of nitrogens with one attached hydrogen (secondary N) is 2. The van der Waals surface area contributed by atoms with E-state index in [1.807, 2.05) is 50.1 Å². The molecule has 0 fully saturated rings. The molecule has 9 nitrogen and oxygen atoms in total. The number of para-hydroxylation sites is 1. The lowest BCUT2D eigenvalue weighted by Crippen LogP contribution is -2.34. The summed E-state index contributed by atoms with van der Waals surface area (Å²) in [5.41, 5.74) is 1.64. The lowest BCUT2D eigenvalue weighted by Gasteiger charge is -2.23. The molecule has 0 spiro atoms. The van der Waals surface area contributed by atoms with E-state index < -0.39 is 0 Å².